The second-order valence-electron chi connectivity index (χ2n) is 4.20. The van der Waals surface area contributed by atoms with Gasteiger partial charge in [-0.25, -0.2) is 0 Å². The van der Waals surface area contributed by atoms with Crippen molar-refractivity contribution in [3.05, 3.63) is 5.82 Å². The highest BCUT2D eigenvalue weighted by Gasteiger charge is 2.08. The van der Waals surface area contributed by atoms with Gasteiger partial charge in [0.15, 0.2) is 5.82 Å². The molecule has 0 fully saturated rings. The van der Waals surface area contributed by atoms with Gasteiger partial charge < -0.3 is 5.32 Å². The van der Waals surface area contributed by atoms with E-state index in [1.165, 1.54) is 36.9 Å². The Kier molecular flexibility index (Phi) is 6.00. The quantitative estimate of drug-likeness (QED) is 0.731. The lowest BCUT2D eigenvalue weighted by Gasteiger charge is -2.16. The molecule has 0 aliphatic heterocycles. The van der Waals surface area contributed by atoms with Crippen molar-refractivity contribution in [2.75, 3.05) is 0 Å². The van der Waals surface area contributed by atoms with Crippen LogP contribution in [0.2, 0.25) is 0 Å². The van der Waals surface area contributed by atoms with Crippen LogP contribution in [-0.4, -0.2) is 26.2 Å². The van der Waals surface area contributed by atoms with Crippen LogP contribution in [0.15, 0.2) is 0 Å². The van der Waals surface area contributed by atoms with Gasteiger partial charge in [0.1, 0.15) is 0 Å². The standard InChI is InChI=1S/C11H23N5/c1-4-6-8-10(7-5-2)12-9-11-13-15-16(3)14-11/h10,12H,4-9H2,1-3H3. The Balaban J connectivity index is 2.30. The second-order valence-corrected chi connectivity index (χ2v) is 4.20. The van der Waals surface area contributed by atoms with Gasteiger partial charge in [0.2, 0.25) is 0 Å². The number of hydrogen-bond acceptors (Lipinski definition) is 4. The van der Waals surface area contributed by atoms with Crippen LogP contribution < -0.4 is 5.32 Å². The first-order valence-electron chi connectivity index (χ1n) is 6.22. The van der Waals surface area contributed by atoms with Crippen molar-refractivity contribution >= 4 is 0 Å². The summed E-state index contributed by atoms with van der Waals surface area (Å²) >= 11 is 0. The molecule has 0 radical (unpaired) electrons. The first-order valence-corrected chi connectivity index (χ1v) is 6.22. The Morgan fingerprint density at radius 3 is 2.62 bits per heavy atom. The van der Waals surface area contributed by atoms with Crippen LogP contribution >= 0.6 is 0 Å². The van der Waals surface area contributed by atoms with E-state index in [0.29, 0.717) is 6.04 Å². The number of tetrazole rings is 1. The maximum absolute atomic E-state index is 4.15. The molecule has 1 unspecified atom stereocenters. The molecule has 1 N–H and O–H groups in total. The Morgan fingerprint density at radius 1 is 1.25 bits per heavy atom. The molecule has 5 heteroatoms. The van der Waals surface area contributed by atoms with Crippen molar-refractivity contribution in [1.82, 2.24) is 25.5 Å². The first-order chi connectivity index (χ1) is 7.76. The zero-order valence-electron chi connectivity index (χ0n) is 10.6. The molecule has 5 nitrogen and oxygen atoms in total. The summed E-state index contributed by atoms with van der Waals surface area (Å²) in [5, 5.41) is 15.4. The fraction of sp³-hybridized carbons (Fsp3) is 0.909. The van der Waals surface area contributed by atoms with Crippen molar-refractivity contribution < 1.29 is 0 Å². The summed E-state index contributed by atoms with van der Waals surface area (Å²) in [6.45, 7) is 5.18. The minimum absolute atomic E-state index is 0.591. The molecule has 1 rings (SSSR count). The molecule has 0 saturated heterocycles. The smallest absolute Gasteiger partial charge is 0.188 e. The molecular formula is C11H23N5. The molecule has 92 valence electrons. The van der Waals surface area contributed by atoms with Gasteiger partial charge in [0.25, 0.3) is 0 Å². The second kappa shape index (κ2) is 7.33. The number of aryl methyl sites for hydroxylation is 1. The van der Waals surface area contributed by atoms with Crippen molar-refractivity contribution in [3.63, 3.8) is 0 Å². The van der Waals surface area contributed by atoms with E-state index in [1.54, 1.807) is 7.05 Å². The van der Waals surface area contributed by atoms with Crippen LogP contribution in [0.25, 0.3) is 0 Å². The molecule has 0 bridgehead atoms. The summed E-state index contributed by atoms with van der Waals surface area (Å²) < 4.78 is 0. The number of aromatic nitrogens is 4. The van der Waals surface area contributed by atoms with Crippen LogP contribution in [0.3, 0.4) is 0 Å². The van der Waals surface area contributed by atoms with E-state index in [9.17, 15) is 0 Å². The third-order valence-electron chi connectivity index (χ3n) is 2.64. The van der Waals surface area contributed by atoms with Crippen molar-refractivity contribution in [2.24, 2.45) is 7.05 Å². The fourth-order valence-electron chi connectivity index (χ4n) is 1.78. The van der Waals surface area contributed by atoms with Crippen LogP contribution in [0.1, 0.15) is 51.8 Å². The third-order valence-corrected chi connectivity index (χ3v) is 2.64. The summed E-state index contributed by atoms with van der Waals surface area (Å²) in [7, 11) is 1.79. The molecule has 1 heterocycles. The molecule has 1 atom stereocenters. The summed E-state index contributed by atoms with van der Waals surface area (Å²) in [4.78, 5) is 1.50. The average molecular weight is 225 g/mol. The molecule has 0 aliphatic rings. The Bertz CT molecular complexity index is 284. The van der Waals surface area contributed by atoms with Crippen LogP contribution in [0.4, 0.5) is 0 Å². The Hall–Kier alpha value is -0.970. The maximum Gasteiger partial charge on any atom is 0.188 e. The molecule has 0 aromatic carbocycles. The summed E-state index contributed by atoms with van der Waals surface area (Å²) in [5.74, 6) is 0.778. The topological polar surface area (TPSA) is 55.6 Å². The lowest BCUT2D eigenvalue weighted by atomic mass is 10.1. The van der Waals surface area contributed by atoms with E-state index in [4.69, 9.17) is 0 Å². The normalized spacial score (nSPS) is 12.9. The van der Waals surface area contributed by atoms with Gasteiger partial charge in [0, 0.05) is 6.04 Å². The molecule has 16 heavy (non-hydrogen) atoms. The average Bonchev–Trinajstić information content (AvgIpc) is 2.68. The zero-order chi connectivity index (χ0) is 11.8. The zero-order valence-corrected chi connectivity index (χ0v) is 10.6. The molecule has 0 amide bonds. The first kappa shape index (κ1) is 13.1. The van der Waals surface area contributed by atoms with Gasteiger partial charge in [-0.15, -0.1) is 10.2 Å². The number of unbranched alkanes of at least 4 members (excludes halogenated alkanes) is 1. The van der Waals surface area contributed by atoms with E-state index in [1.807, 2.05) is 0 Å². The lowest BCUT2D eigenvalue weighted by molar-refractivity contribution is 0.428. The highest BCUT2D eigenvalue weighted by atomic mass is 15.6. The molecule has 1 aromatic rings. The van der Waals surface area contributed by atoms with Gasteiger partial charge in [-0.1, -0.05) is 33.1 Å². The summed E-state index contributed by atoms with van der Waals surface area (Å²) in [6.07, 6.45) is 6.22. The number of nitrogens with zero attached hydrogens (tertiary/aromatic N) is 4. The van der Waals surface area contributed by atoms with Gasteiger partial charge in [-0.2, -0.15) is 4.80 Å². The van der Waals surface area contributed by atoms with Crippen molar-refractivity contribution in [2.45, 2.75) is 58.5 Å². The highest BCUT2D eigenvalue weighted by Crippen LogP contribution is 2.07. The Labute approximate surface area is 97.6 Å². The number of rotatable bonds is 8. The van der Waals surface area contributed by atoms with E-state index in [2.05, 4.69) is 34.6 Å². The van der Waals surface area contributed by atoms with E-state index in [-0.39, 0.29) is 0 Å². The number of nitrogens with one attached hydrogen (secondary N) is 1. The van der Waals surface area contributed by atoms with Crippen LogP contribution in [0, 0.1) is 0 Å². The molecule has 0 spiro atoms. The highest BCUT2D eigenvalue weighted by molar-refractivity contribution is 4.78. The van der Waals surface area contributed by atoms with Crippen LogP contribution in [0.5, 0.6) is 0 Å². The summed E-state index contributed by atoms with van der Waals surface area (Å²) in [5.41, 5.74) is 0. The Morgan fingerprint density at radius 2 is 2.06 bits per heavy atom. The monoisotopic (exact) mass is 225 g/mol. The van der Waals surface area contributed by atoms with E-state index < -0.39 is 0 Å². The predicted molar refractivity (Wildman–Crippen MR) is 63.9 cm³/mol. The number of hydrogen-bond donors (Lipinski definition) is 1. The third kappa shape index (κ3) is 4.70. The molecule has 1 aromatic heterocycles. The lowest BCUT2D eigenvalue weighted by Crippen LogP contribution is -2.29. The van der Waals surface area contributed by atoms with Gasteiger partial charge in [-0.05, 0) is 18.1 Å². The van der Waals surface area contributed by atoms with E-state index >= 15 is 0 Å². The fourth-order valence-corrected chi connectivity index (χ4v) is 1.78. The molecule has 0 saturated carbocycles. The minimum atomic E-state index is 0.591. The van der Waals surface area contributed by atoms with Gasteiger partial charge in [-0.3, -0.25) is 0 Å². The van der Waals surface area contributed by atoms with Crippen molar-refractivity contribution in [3.8, 4) is 0 Å². The van der Waals surface area contributed by atoms with Gasteiger partial charge >= 0.3 is 0 Å². The SMILES string of the molecule is CCCCC(CCC)NCc1nnn(C)n1. The maximum atomic E-state index is 4.15. The van der Waals surface area contributed by atoms with Crippen molar-refractivity contribution in [1.29, 1.82) is 0 Å². The molecular weight excluding hydrogens is 202 g/mol. The van der Waals surface area contributed by atoms with E-state index in [0.717, 1.165) is 12.4 Å². The van der Waals surface area contributed by atoms with Gasteiger partial charge in [0.05, 0.1) is 13.6 Å². The predicted octanol–water partition coefficient (Wildman–Crippen LogP) is 1.66. The minimum Gasteiger partial charge on any atom is -0.307 e. The molecule has 0 aliphatic carbocycles. The largest absolute Gasteiger partial charge is 0.307 e. The van der Waals surface area contributed by atoms with Crippen LogP contribution in [-0.2, 0) is 13.6 Å². The summed E-state index contributed by atoms with van der Waals surface area (Å²) in [6, 6.07) is 0.591.